The molecule has 0 fully saturated rings. The molecule has 0 radical (unpaired) electrons. The number of aliphatic hydroxyl groups is 1. The number of carbonyl (C=O) groups is 1. The Bertz CT molecular complexity index is 1520. The van der Waals surface area contributed by atoms with Gasteiger partial charge in [0.1, 0.15) is 28.5 Å². The van der Waals surface area contributed by atoms with Crippen LogP contribution in [0.5, 0.6) is 11.5 Å². The molecule has 0 bridgehead atoms. The molecule has 0 saturated carbocycles. The van der Waals surface area contributed by atoms with Crippen molar-refractivity contribution in [1.29, 1.82) is 0 Å². The third-order valence-corrected chi connectivity index (χ3v) is 6.07. The van der Waals surface area contributed by atoms with Gasteiger partial charge in [-0.25, -0.2) is 9.18 Å². The predicted molar refractivity (Wildman–Crippen MR) is 136 cm³/mol. The highest BCUT2D eigenvalue weighted by Crippen LogP contribution is 2.40. The van der Waals surface area contributed by atoms with Crippen LogP contribution in [-0.2, 0) is 17.4 Å². The highest BCUT2D eigenvalue weighted by molar-refractivity contribution is 6.01. The van der Waals surface area contributed by atoms with E-state index in [0.29, 0.717) is 44.7 Å². The van der Waals surface area contributed by atoms with Crippen LogP contribution in [0.3, 0.4) is 0 Å². The summed E-state index contributed by atoms with van der Waals surface area (Å²) in [6.45, 7) is 8.77. The van der Waals surface area contributed by atoms with E-state index in [1.165, 1.54) is 16.7 Å². The van der Waals surface area contributed by atoms with Crippen molar-refractivity contribution >= 4 is 16.9 Å². The number of aromatic amines is 1. The van der Waals surface area contributed by atoms with Crippen LogP contribution in [0.4, 0.5) is 4.39 Å². The van der Waals surface area contributed by atoms with E-state index in [-0.39, 0.29) is 29.2 Å². The van der Waals surface area contributed by atoms with E-state index < -0.39 is 11.6 Å². The molecule has 0 aliphatic rings. The molecule has 2 aromatic carbocycles. The number of benzene rings is 2. The lowest BCUT2D eigenvalue weighted by Gasteiger charge is -2.22. The fourth-order valence-corrected chi connectivity index (χ4v) is 4.25. The lowest BCUT2D eigenvalue weighted by Crippen LogP contribution is -2.17. The van der Waals surface area contributed by atoms with Gasteiger partial charge in [-0.15, -0.1) is 0 Å². The van der Waals surface area contributed by atoms with E-state index in [0.717, 1.165) is 0 Å². The van der Waals surface area contributed by atoms with Crippen molar-refractivity contribution in [2.45, 2.75) is 40.2 Å². The summed E-state index contributed by atoms with van der Waals surface area (Å²) in [6.07, 6.45) is 1.66. The summed E-state index contributed by atoms with van der Waals surface area (Å²) in [6, 6.07) is 9.66. The standard InChI is InChI=1S/C28H29FN2O5/c1-7-35-27(33)22-13-20-21(14-31(6)26(32)24(20)30-22)19-12-17(28(4,5)34)8-9-23(19)36-25-15(2)10-18(29)11-16(25)3/h8-14,30,34H,7H2,1-6H3. The minimum atomic E-state index is -1.15. The Hall–Kier alpha value is -3.91. The Morgan fingerprint density at radius 1 is 1.11 bits per heavy atom. The molecular formula is C28H29FN2O5. The van der Waals surface area contributed by atoms with Crippen LogP contribution in [-0.4, -0.2) is 27.2 Å². The molecule has 2 heterocycles. The van der Waals surface area contributed by atoms with Crippen LogP contribution in [0.25, 0.3) is 22.0 Å². The lowest BCUT2D eigenvalue weighted by atomic mass is 9.93. The van der Waals surface area contributed by atoms with Crippen LogP contribution >= 0.6 is 0 Å². The Labute approximate surface area is 208 Å². The van der Waals surface area contributed by atoms with Crippen molar-refractivity contribution in [1.82, 2.24) is 9.55 Å². The molecule has 0 aliphatic heterocycles. The van der Waals surface area contributed by atoms with Crippen molar-refractivity contribution in [2.75, 3.05) is 6.61 Å². The fourth-order valence-electron chi connectivity index (χ4n) is 4.25. The molecule has 0 atom stereocenters. The van der Waals surface area contributed by atoms with Gasteiger partial charge < -0.3 is 24.1 Å². The molecule has 2 N–H and O–H groups in total. The number of pyridine rings is 1. The summed E-state index contributed by atoms with van der Waals surface area (Å²) >= 11 is 0. The number of fused-ring (bicyclic) bond motifs is 1. The van der Waals surface area contributed by atoms with Gasteiger partial charge in [-0.1, -0.05) is 6.07 Å². The van der Waals surface area contributed by atoms with E-state index >= 15 is 0 Å². The van der Waals surface area contributed by atoms with Crippen molar-refractivity contribution in [3.63, 3.8) is 0 Å². The van der Waals surface area contributed by atoms with Crippen molar-refractivity contribution in [3.8, 4) is 22.6 Å². The largest absolute Gasteiger partial charge is 0.461 e. The molecule has 0 aliphatic carbocycles. The fraction of sp³-hybridized carbons (Fsp3) is 0.286. The number of ether oxygens (including phenoxy) is 2. The molecule has 8 heteroatoms. The summed E-state index contributed by atoms with van der Waals surface area (Å²) in [5, 5.41) is 11.2. The zero-order chi connectivity index (χ0) is 26.4. The highest BCUT2D eigenvalue weighted by Gasteiger charge is 2.23. The van der Waals surface area contributed by atoms with Gasteiger partial charge in [-0.3, -0.25) is 4.79 Å². The first kappa shape index (κ1) is 25.2. The highest BCUT2D eigenvalue weighted by atomic mass is 19.1. The predicted octanol–water partition coefficient (Wildman–Crippen LogP) is 5.49. The minimum absolute atomic E-state index is 0.155. The first-order valence-corrected chi connectivity index (χ1v) is 11.6. The van der Waals surface area contributed by atoms with Gasteiger partial charge >= 0.3 is 5.97 Å². The SMILES string of the molecule is CCOC(=O)c1cc2c(-c3cc(C(C)(C)O)ccc3Oc3c(C)cc(F)cc3C)cn(C)c(=O)c2[nH]1. The number of carbonyl (C=O) groups excluding carboxylic acids is 1. The second-order valence-electron chi connectivity index (χ2n) is 9.39. The quantitative estimate of drug-likeness (QED) is 0.348. The molecule has 0 unspecified atom stereocenters. The van der Waals surface area contributed by atoms with Gasteiger partial charge in [0.25, 0.3) is 5.56 Å². The van der Waals surface area contributed by atoms with Crippen LogP contribution in [0.2, 0.25) is 0 Å². The number of hydrogen-bond acceptors (Lipinski definition) is 5. The third kappa shape index (κ3) is 4.64. The molecule has 0 spiro atoms. The van der Waals surface area contributed by atoms with E-state index in [1.54, 1.807) is 72.1 Å². The van der Waals surface area contributed by atoms with Crippen LogP contribution in [0, 0.1) is 19.7 Å². The molecule has 36 heavy (non-hydrogen) atoms. The maximum Gasteiger partial charge on any atom is 0.354 e. The summed E-state index contributed by atoms with van der Waals surface area (Å²) in [5.74, 6) is 0.0326. The number of H-pyrrole nitrogens is 1. The topological polar surface area (TPSA) is 93.6 Å². The smallest absolute Gasteiger partial charge is 0.354 e. The molecule has 2 aromatic heterocycles. The first-order valence-electron chi connectivity index (χ1n) is 11.6. The molecule has 4 aromatic rings. The maximum absolute atomic E-state index is 13.9. The first-order chi connectivity index (χ1) is 16.9. The van der Waals surface area contributed by atoms with Gasteiger partial charge in [0.2, 0.25) is 0 Å². The van der Waals surface area contributed by atoms with Gasteiger partial charge in [0, 0.05) is 29.8 Å². The minimum Gasteiger partial charge on any atom is -0.461 e. The van der Waals surface area contributed by atoms with Gasteiger partial charge in [0.05, 0.1) is 12.2 Å². The lowest BCUT2D eigenvalue weighted by molar-refractivity contribution is 0.0520. The number of rotatable bonds is 6. The number of hydrogen-bond donors (Lipinski definition) is 2. The molecule has 7 nitrogen and oxygen atoms in total. The summed E-state index contributed by atoms with van der Waals surface area (Å²) in [7, 11) is 1.62. The Morgan fingerprint density at radius 3 is 2.39 bits per heavy atom. The van der Waals surface area contributed by atoms with E-state index in [1.807, 2.05) is 0 Å². The number of esters is 1. The maximum atomic E-state index is 13.9. The molecule has 4 rings (SSSR count). The molecular weight excluding hydrogens is 463 g/mol. The Balaban J connectivity index is 2.00. The Morgan fingerprint density at radius 2 is 1.78 bits per heavy atom. The van der Waals surface area contributed by atoms with Crippen LogP contribution in [0.15, 0.2) is 47.4 Å². The second kappa shape index (κ2) is 9.28. The number of aromatic nitrogens is 2. The number of halogens is 1. The second-order valence-corrected chi connectivity index (χ2v) is 9.39. The van der Waals surface area contributed by atoms with Crippen molar-refractivity contribution in [3.05, 3.63) is 81.2 Å². The molecule has 0 amide bonds. The van der Waals surface area contributed by atoms with E-state index in [4.69, 9.17) is 9.47 Å². The van der Waals surface area contributed by atoms with Gasteiger partial charge in [0.15, 0.2) is 0 Å². The molecule has 188 valence electrons. The number of nitrogens with zero attached hydrogens (tertiary/aromatic N) is 1. The number of nitrogens with one attached hydrogen (secondary N) is 1. The molecule has 0 saturated heterocycles. The summed E-state index contributed by atoms with van der Waals surface area (Å²) in [5.41, 5.74) is 2.02. The van der Waals surface area contributed by atoms with E-state index in [9.17, 15) is 19.1 Å². The van der Waals surface area contributed by atoms with Crippen LogP contribution < -0.4 is 10.3 Å². The Kier molecular flexibility index (Phi) is 6.49. The monoisotopic (exact) mass is 492 g/mol. The van der Waals surface area contributed by atoms with Crippen LogP contribution in [0.1, 0.15) is 48.0 Å². The van der Waals surface area contributed by atoms with Crippen molar-refractivity contribution in [2.24, 2.45) is 7.05 Å². The summed E-state index contributed by atoms with van der Waals surface area (Å²) in [4.78, 5) is 28.2. The zero-order valence-corrected chi connectivity index (χ0v) is 21.2. The average Bonchev–Trinajstić information content (AvgIpc) is 3.24. The number of aryl methyl sites for hydroxylation is 3. The third-order valence-electron chi connectivity index (χ3n) is 6.07. The summed E-state index contributed by atoms with van der Waals surface area (Å²) < 4.78 is 26.7. The average molecular weight is 493 g/mol. The zero-order valence-electron chi connectivity index (χ0n) is 21.2. The van der Waals surface area contributed by atoms with Crippen molar-refractivity contribution < 1.29 is 23.8 Å². The van der Waals surface area contributed by atoms with Gasteiger partial charge in [-0.2, -0.15) is 0 Å². The van der Waals surface area contributed by atoms with E-state index in [2.05, 4.69) is 4.98 Å². The normalized spacial score (nSPS) is 11.7. The van der Waals surface area contributed by atoms with Gasteiger partial charge in [-0.05, 0) is 81.6 Å².